The average molecular weight is 390 g/mol. The predicted octanol–water partition coefficient (Wildman–Crippen LogP) is 2.19. The first-order valence-corrected chi connectivity index (χ1v) is 9.50. The van der Waals surface area contributed by atoms with Crippen molar-refractivity contribution in [3.05, 3.63) is 66.5 Å². The van der Waals surface area contributed by atoms with Gasteiger partial charge in [-0.1, -0.05) is 24.3 Å². The van der Waals surface area contributed by atoms with Crippen LogP contribution in [0.15, 0.2) is 60.8 Å². The summed E-state index contributed by atoms with van der Waals surface area (Å²) in [5, 5.41) is 7.22. The molecule has 1 aliphatic rings. The third-order valence-corrected chi connectivity index (χ3v) is 4.77. The highest BCUT2D eigenvalue weighted by Gasteiger charge is 2.25. The monoisotopic (exact) mass is 390 g/mol. The third-order valence-electron chi connectivity index (χ3n) is 4.77. The van der Waals surface area contributed by atoms with E-state index < -0.39 is 0 Å². The third kappa shape index (κ3) is 4.11. The van der Waals surface area contributed by atoms with Gasteiger partial charge < -0.3 is 15.1 Å². The van der Waals surface area contributed by atoms with E-state index in [1.54, 1.807) is 21.8 Å². The molecule has 3 heterocycles. The first-order chi connectivity index (χ1) is 14.1. The minimum absolute atomic E-state index is 0.146. The molecule has 29 heavy (non-hydrogen) atoms. The molecule has 1 fully saturated rings. The molecular formula is C21H22N6O2. The topological polar surface area (TPSA) is 83.4 Å². The summed E-state index contributed by atoms with van der Waals surface area (Å²) in [5.74, 6) is 1.03. The fourth-order valence-corrected chi connectivity index (χ4v) is 3.36. The molecule has 3 aromatic rings. The second kappa shape index (κ2) is 8.14. The van der Waals surface area contributed by atoms with E-state index in [0.717, 1.165) is 11.5 Å². The van der Waals surface area contributed by atoms with Gasteiger partial charge in [-0.3, -0.25) is 9.59 Å². The van der Waals surface area contributed by atoms with Crippen molar-refractivity contribution in [2.24, 2.45) is 0 Å². The lowest BCUT2D eigenvalue weighted by molar-refractivity contribution is -0.114. The Morgan fingerprint density at radius 2 is 1.69 bits per heavy atom. The number of carbonyl (C=O) groups is 2. The van der Waals surface area contributed by atoms with Gasteiger partial charge in [-0.25, -0.2) is 9.67 Å². The van der Waals surface area contributed by atoms with Crippen LogP contribution in [0.3, 0.4) is 0 Å². The maximum absolute atomic E-state index is 13.0. The minimum atomic E-state index is -0.218. The molecule has 0 saturated carbocycles. The first kappa shape index (κ1) is 18.7. The maximum atomic E-state index is 13.0. The maximum Gasteiger partial charge on any atom is 0.274 e. The Kier molecular flexibility index (Phi) is 5.24. The summed E-state index contributed by atoms with van der Waals surface area (Å²) in [4.78, 5) is 32.9. The van der Waals surface area contributed by atoms with Crippen LogP contribution in [0.2, 0.25) is 0 Å². The van der Waals surface area contributed by atoms with Crippen LogP contribution in [-0.4, -0.2) is 57.7 Å². The summed E-state index contributed by atoms with van der Waals surface area (Å²) in [6.45, 7) is 4.02. The van der Waals surface area contributed by atoms with E-state index in [2.05, 4.69) is 20.3 Å². The summed E-state index contributed by atoms with van der Waals surface area (Å²) in [6.07, 6.45) is 1.77. The molecule has 0 unspecified atom stereocenters. The molecule has 0 aliphatic carbocycles. The van der Waals surface area contributed by atoms with Gasteiger partial charge in [0.25, 0.3) is 5.91 Å². The molecule has 8 heteroatoms. The Balaban J connectivity index is 1.52. The van der Waals surface area contributed by atoms with Crippen molar-refractivity contribution in [1.82, 2.24) is 19.7 Å². The van der Waals surface area contributed by atoms with E-state index in [4.69, 9.17) is 0 Å². The Morgan fingerprint density at radius 1 is 0.966 bits per heavy atom. The second-order valence-electron chi connectivity index (χ2n) is 6.81. The van der Waals surface area contributed by atoms with Crippen LogP contribution in [0.1, 0.15) is 17.4 Å². The number of aromatic nitrogens is 3. The van der Waals surface area contributed by atoms with Crippen molar-refractivity contribution in [3.8, 4) is 5.69 Å². The van der Waals surface area contributed by atoms with Crippen LogP contribution in [0.4, 0.5) is 11.6 Å². The zero-order chi connectivity index (χ0) is 20.2. The van der Waals surface area contributed by atoms with Gasteiger partial charge in [0.05, 0.1) is 5.69 Å². The Bertz CT molecular complexity index is 995. The predicted molar refractivity (Wildman–Crippen MR) is 110 cm³/mol. The fraction of sp³-hybridized carbons (Fsp3) is 0.238. The van der Waals surface area contributed by atoms with Gasteiger partial charge in [0.2, 0.25) is 5.91 Å². The lowest BCUT2D eigenvalue weighted by atomic mass is 10.2. The van der Waals surface area contributed by atoms with Gasteiger partial charge >= 0.3 is 0 Å². The number of benzene rings is 1. The van der Waals surface area contributed by atoms with Gasteiger partial charge in [0.15, 0.2) is 5.69 Å². The number of hydrogen-bond donors (Lipinski definition) is 1. The van der Waals surface area contributed by atoms with Gasteiger partial charge in [-0.15, -0.1) is 0 Å². The van der Waals surface area contributed by atoms with Crippen molar-refractivity contribution in [1.29, 1.82) is 0 Å². The van der Waals surface area contributed by atoms with Crippen LogP contribution >= 0.6 is 0 Å². The molecule has 0 atom stereocenters. The molecule has 0 radical (unpaired) electrons. The van der Waals surface area contributed by atoms with Crippen molar-refractivity contribution in [3.63, 3.8) is 0 Å². The molecule has 1 aliphatic heterocycles. The number of pyridine rings is 1. The number of carbonyl (C=O) groups excluding carboxylic acids is 2. The molecule has 2 amide bonds. The molecule has 1 aromatic carbocycles. The largest absolute Gasteiger partial charge is 0.353 e. The molecule has 8 nitrogen and oxygen atoms in total. The highest BCUT2D eigenvalue weighted by molar-refractivity contribution is 5.95. The van der Waals surface area contributed by atoms with Crippen molar-refractivity contribution in [2.45, 2.75) is 6.92 Å². The summed E-state index contributed by atoms with van der Waals surface area (Å²) < 4.78 is 1.58. The highest BCUT2D eigenvalue weighted by atomic mass is 16.2. The van der Waals surface area contributed by atoms with Crippen LogP contribution in [-0.2, 0) is 4.79 Å². The number of anilines is 2. The van der Waals surface area contributed by atoms with E-state index in [1.807, 2.05) is 48.5 Å². The number of nitrogens with one attached hydrogen (secondary N) is 1. The number of amides is 2. The van der Waals surface area contributed by atoms with Crippen LogP contribution in [0.5, 0.6) is 0 Å². The van der Waals surface area contributed by atoms with Crippen molar-refractivity contribution in [2.75, 3.05) is 36.4 Å². The summed E-state index contributed by atoms with van der Waals surface area (Å²) in [6, 6.07) is 16.9. The van der Waals surface area contributed by atoms with E-state index >= 15 is 0 Å². The second-order valence-corrected chi connectivity index (χ2v) is 6.81. The highest BCUT2D eigenvalue weighted by Crippen LogP contribution is 2.20. The lowest BCUT2D eigenvalue weighted by Crippen LogP contribution is -2.49. The van der Waals surface area contributed by atoms with E-state index in [1.165, 1.54) is 6.92 Å². The average Bonchev–Trinajstić information content (AvgIpc) is 3.17. The Morgan fingerprint density at radius 3 is 2.34 bits per heavy atom. The normalized spacial score (nSPS) is 14.0. The van der Waals surface area contributed by atoms with Crippen LogP contribution in [0.25, 0.3) is 5.69 Å². The molecule has 148 valence electrons. The molecule has 0 spiro atoms. The van der Waals surface area contributed by atoms with Gasteiger partial charge in [-0.05, 0) is 24.3 Å². The van der Waals surface area contributed by atoms with E-state index in [0.29, 0.717) is 37.7 Å². The van der Waals surface area contributed by atoms with E-state index in [9.17, 15) is 9.59 Å². The quantitative estimate of drug-likeness (QED) is 0.738. The zero-order valence-electron chi connectivity index (χ0n) is 16.2. The number of nitrogens with zero attached hydrogens (tertiary/aromatic N) is 5. The molecule has 1 saturated heterocycles. The number of para-hydroxylation sites is 1. The van der Waals surface area contributed by atoms with Gasteiger partial charge in [0.1, 0.15) is 11.6 Å². The van der Waals surface area contributed by atoms with Crippen LogP contribution < -0.4 is 10.2 Å². The molecular weight excluding hydrogens is 368 g/mol. The number of piperazine rings is 1. The fourth-order valence-electron chi connectivity index (χ4n) is 3.36. The SMILES string of the molecule is CC(=O)Nc1cc(C(=O)N2CCN(c3ccccn3)CC2)nn1-c1ccccc1. The zero-order valence-corrected chi connectivity index (χ0v) is 16.2. The number of hydrogen-bond acceptors (Lipinski definition) is 5. The minimum Gasteiger partial charge on any atom is -0.353 e. The van der Waals surface area contributed by atoms with Crippen LogP contribution in [0, 0.1) is 0 Å². The summed E-state index contributed by atoms with van der Waals surface area (Å²) >= 11 is 0. The number of rotatable bonds is 4. The smallest absolute Gasteiger partial charge is 0.274 e. The summed E-state index contributed by atoms with van der Waals surface area (Å²) in [7, 11) is 0. The molecule has 0 bridgehead atoms. The molecule has 1 N–H and O–H groups in total. The molecule has 4 rings (SSSR count). The van der Waals surface area contributed by atoms with Crippen molar-refractivity contribution < 1.29 is 9.59 Å². The standard InChI is InChI=1S/C21H22N6O2/c1-16(28)23-20-15-18(24-27(20)17-7-3-2-4-8-17)21(29)26-13-11-25(12-14-26)19-9-5-6-10-22-19/h2-10,15H,11-14H2,1H3,(H,23,28). The van der Waals surface area contributed by atoms with Gasteiger partial charge in [-0.2, -0.15) is 5.10 Å². The Hall–Kier alpha value is -3.68. The van der Waals surface area contributed by atoms with Gasteiger partial charge in [0, 0.05) is 45.4 Å². The van der Waals surface area contributed by atoms with Crippen molar-refractivity contribution >= 4 is 23.5 Å². The Labute approximate surface area is 168 Å². The molecule has 2 aromatic heterocycles. The summed E-state index contributed by atoms with van der Waals surface area (Å²) in [5.41, 5.74) is 1.08. The first-order valence-electron chi connectivity index (χ1n) is 9.50. The van der Waals surface area contributed by atoms with E-state index in [-0.39, 0.29) is 11.8 Å². The lowest BCUT2D eigenvalue weighted by Gasteiger charge is -2.35.